The minimum Gasteiger partial charge on any atom is -0.352 e. The number of rotatable bonds is 7. The third-order valence-electron chi connectivity index (χ3n) is 6.36. The van der Waals surface area contributed by atoms with E-state index in [0.29, 0.717) is 22.9 Å². The summed E-state index contributed by atoms with van der Waals surface area (Å²) in [6.45, 7) is 10.6. The van der Waals surface area contributed by atoms with Crippen LogP contribution in [0.25, 0.3) is 10.8 Å². The molecular weight excluding hydrogens is 432 g/mol. The molecule has 0 saturated carbocycles. The number of anilines is 2. The maximum atomic E-state index is 13.0. The zero-order valence-corrected chi connectivity index (χ0v) is 20.5. The van der Waals surface area contributed by atoms with Crippen molar-refractivity contribution in [1.82, 2.24) is 15.2 Å². The molecule has 2 heterocycles. The van der Waals surface area contributed by atoms with E-state index in [4.69, 9.17) is 11.6 Å². The van der Waals surface area contributed by atoms with Crippen LogP contribution in [0.15, 0.2) is 48.7 Å². The average Bonchev–Trinajstić information content (AvgIpc) is 2.78. The first kappa shape index (κ1) is 23.5. The molecule has 0 unspecified atom stereocenters. The smallest absolute Gasteiger partial charge is 0.253 e. The molecule has 0 radical (unpaired) electrons. The maximum Gasteiger partial charge on any atom is 0.253 e. The average molecular weight is 465 g/mol. The van der Waals surface area contributed by atoms with Crippen LogP contribution in [0.4, 0.5) is 11.5 Å². The number of aromatic nitrogens is 1. The predicted octanol–water partition coefficient (Wildman–Crippen LogP) is 6.04. The Morgan fingerprint density at radius 2 is 1.85 bits per heavy atom. The Hall–Kier alpha value is -2.63. The summed E-state index contributed by atoms with van der Waals surface area (Å²) in [5.41, 5.74) is 2.48. The van der Waals surface area contributed by atoms with E-state index in [1.165, 1.54) is 6.42 Å². The van der Waals surface area contributed by atoms with Gasteiger partial charge < -0.3 is 15.5 Å². The molecule has 2 atom stereocenters. The molecule has 2 N–H and O–H groups in total. The van der Waals surface area contributed by atoms with Crippen LogP contribution in [0.5, 0.6) is 0 Å². The van der Waals surface area contributed by atoms with Gasteiger partial charge in [-0.2, -0.15) is 0 Å². The summed E-state index contributed by atoms with van der Waals surface area (Å²) in [7, 11) is 0. The maximum absolute atomic E-state index is 13.0. The third-order valence-corrected chi connectivity index (χ3v) is 6.76. The van der Waals surface area contributed by atoms with Crippen molar-refractivity contribution in [2.45, 2.75) is 33.6 Å². The second-order valence-corrected chi connectivity index (χ2v) is 9.88. The van der Waals surface area contributed by atoms with Crippen molar-refractivity contribution in [3.8, 4) is 0 Å². The van der Waals surface area contributed by atoms with Gasteiger partial charge in [-0.1, -0.05) is 55.8 Å². The van der Waals surface area contributed by atoms with E-state index in [1.54, 1.807) is 6.20 Å². The number of hydrogen-bond donors (Lipinski definition) is 2. The van der Waals surface area contributed by atoms with Crippen molar-refractivity contribution in [2.24, 2.45) is 11.8 Å². The fourth-order valence-electron chi connectivity index (χ4n) is 4.85. The topological polar surface area (TPSA) is 57.3 Å². The van der Waals surface area contributed by atoms with E-state index < -0.39 is 0 Å². The Kier molecular flexibility index (Phi) is 7.51. The Morgan fingerprint density at radius 3 is 2.58 bits per heavy atom. The lowest BCUT2D eigenvalue weighted by Crippen LogP contribution is -2.40. The van der Waals surface area contributed by atoms with E-state index in [-0.39, 0.29) is 5.91 Å². The van der Waals surface area contributed by atoms with Crippen molar-refractivity contribution < 1.29 is 4.79 Å². The van der Waals surface area contributed by atoms with Gasteiger partial charge in [0.05, 0.1) is 5.56 Å². The molecule has 33 heavy (non-hydrogen) atoms. The Morgan fingerprint density at radius 1 is 1.12 bits per heavy atom. The van der Waals surface area contributed by atoms with Crippen molar-refractivity contribution >= 4 is 39.8 Å². The number of amides is 1. The first-order valence-electron chi connectivity index (χ1n) is 11.8. The summed E-state index contributed by atoms with van der Waals surface area (Å²) < 4.78 is 0. The molecule has 2 aromatic carbocycles. The van der Waals surface area contributed by atoms with Gasteiger partial charge in [-0.15, -0.1) is 0 Å². The van der Waals surface area contributed by atoms with E-state index in [2.05, 4.69) is 34.4 Å². The lowest BCUT2D eigenvalue weighted by Gasteiger charge is -2.34. The first-order valence-corrected chi connectivity index (χ1v) is 12.2. The highest BCUT2D eigenvalue weighted by molar-refractivity contribution is 6.31. The number of nitrogens with one attached hydrogen (secondary N) is 2. The Labute approximate surface area is 201 Å². The number of fused-ring (bicyclic) bond motifs is 1. The number of carbonyl (C=O) groups is 1. The normalized spacial score (nSPS) is 18.9. The second-order valence-electron chi connectivity index (χ2n) is 9.47. The number of halogens is 1. The van der Waals surface area contributed by atoms with Crippen LogP contribution in [-0.2, 0) is 0 Å². The van der Waals surface area contributed by atoms with Gasteiger partial charge in [-0.3, -0.25) is 4.79 Å². The Bertz CT molecular complexity index is 1120. The molecule has 1 amide bonds. The van der Waals surface area contributed by atoms with Crippen LogP contribution < -0.4 is 10.6 Å². The van der Waals surface area contributed by atoms with Crippen molar-refractivity contribution in [2.75, 3.05) is 31.5 Å². The lowest BCUT2D eigenvalue weighted by atomic mass is 9.92. The molecule has 4 rings (SSSR count). The van der Waals surface area contributed by atoms with Crippen LogP contribution in [0.2, 0.25) is 5.02 Å². The van der Waals surface area contributed by atoms with Crippen LogP contribution in [0.1, 0.15) is 42.6 Å². The number of piperidine rings is 1. The standard InChI is InChI=1S/C27H33ClN4O/c1-18-13-19(2)17-32(16-18)12-6-11-29-27(33)24-15-30-26(23-8-5-4-7-22(23)24)31-21-10-9-20(3)25(28)14-21/h4-5,7-10,14-15,18-19H,6,11-13,16-17H2,1-3H3,(H,29,33)(H,30,31)/t18-,19-/m1/s1. The fourth-order valence-corrected chi connectivity index (χ4v) is 5.04. The minimum absolute atomic E-state index is 0.0796. The summed E-state index contributed by atoms with van der Waals surface area (Å²) in [5, 5.41) is 8.92. The molecule has 0 bridgehead atoms. The summed E-state index contributed by atoms with van der Waals surface area (Å²) in [6, 6.07) is 13.7. The quantitative estimate of drug-likeness (QED) is 0.418. The molecule has 1 aromatic heterocycles. The van der Waals surface area contributed by atoms with Gasteiger partial charge in [0.2, 0.25) is 0 Å². The van der Waals surface area contributed by atoms with Gasteiger partial charge in [0.1, 0.15) is 5.82 Å². The zero-order valence-electron chi connectivity index (χ0n) is 19.7. The summed E-state index contributed by atoms with van der Waals surface area (Å²) >= 11 is 6.27. The minimum atomic E-state index is -0.0796. The van der Waals surface area contributed by atoms with Gasteiger partial charge in [-0.05, 0) is 61.2 Å². The second kappa shape index (κ2) is 10.5. The van der Waals surface area contributed by atoms with Gasteiger partial charge in [0.15, 0.2) is 0 Å². The molecule has 5 nitrogen and oxygen atoms in total. The molecule has 1 aliphatic heterocycles. The molecule has 6 heteroatoms. The molecule has 174 valence electrons. The highest BCUT2D eigenvalue weighted by Gasteiger charge is 2.21. The SMILES string of the molecule is Cc1ccc(Nc2ncc(C(=O)NCCCN3C[C@H](C)C[C@@H](C)C3)c3ccccc23)cc1Cl. The number of pyridine rings is 1. The van der Waals surface area contributed by atoms with Gasteiger partial charge >= 0.3 is 0 Å². The fraction of sp³-hybridized carbons (Fsp3) is 0.407. The van der Waals surface area contributed by atoms with Crippen molar-refractivity contribution in [3.63, 3.8) is 0 Å². The van der Waals surface area contributed by atoms with Gasteiger partial charge in [-0.25, -0.2) is 4.98 Å². The number of likely N-dealkylation sites (tertiary alicyclic amines) is 1. The van der Waals surface area contributed by atoms with Gasteiger partial charge in [0, 0.05) is 41.9 Å². The highest BCUT2D eigenvalue weighted by Crippen LogP contribution is 2.29. The number of carbonyl (C=O) groups excluding carboxylic acids is 1. The number of aryl methyl sites for hydroxylation is 1. The van der Waals surface area contributed by atoms with Gasteiger partial charge in [0.25, 0.3) is 5.91 Å². The monoisotopic (exact) mass is 464 g/mol. The lowest BCUT2D eigenvalue weighted by molar-refractivity contribution is 0.0948. The van der Waals surface area contributed by atoms with Crippen molar-refractivity contribution in [3.05, 3.63) is 64.8 Å². The van der Waals surface area contributed by atoms with E-state index in [1.807, 2.05) is 49.4 Å². The van der Waals surface area contributed by atoms with E-state index in [9.17, 15) is 4.79 Å². The Balaban J connectivity index is 1.42. The molecule has 0 spiro atoms. The number of hydrogen-bond acceptors (Lipinski definition) is 4. The third kappa shape index (κ3) is 5.84. The highest BCUT2D eigenvalue weighted by atomic mass is 35.5. The van der Waals surface area contributed by atoms with Crippen LogP contribution >= 0.6 is 11.6 Å². The van der Waals surface area contributed by atoms with Crippen LogP contribution in [0, 0.1) is 18.8 Å². The summed E-state index contributed by atoms with van der Waals surface area (Å²) in [6.07, 6.45) is 3.92. The number of benzene rings is 2. The van der Waals surface area contributed by atoms with E-state index >= 15 is 0 Å². The largest absolute Gasteiger partial charge is 0.352 e. The first-order chi connectivity index (χ1) is 15.9. The van der Waals surface area contributed by atoms with E-state index in [0.717, 1.165) is 59.9 Å². The van der Waals surface area contributed by atoms with Crippen molar-refractivity contribution in [1.29, 1.82) is 0 Å². The molecule has 3 aromatic rings. The summed E-state index contributed by atoms with van der Waals surface area (Å²) in [5.74, 6) is 2.13. The number of nitrogens with zero attached hydrogens (tertiary/aromatic N) is 2. The van der Waals surface area contributed by atoms with Crippen LogP contribution in [-0.4, -0.2) is 42.0 Å². The predicted molar refractivity (Wildman–Crippen MR) is 138 cm³/mol. The van der Waals surface area contributed by atoms with Crippen LogP contribution in [0.3, 0.4) is 0 Å². The molecule has 0 aliphatic carbocycles. The molecule has 1 saturated heterocycles. The molecule has 1 fully saturated rings. The summed E-state index contributed by atoms with van der Waals surface area (Å²) in [4.78, 5) is 20.1. The molecular formula is C27H33ClN4O. The molecule has 1 aliphatic rings. The zero-order chi connectivity index (χ0) is 23.4.